The molecule has 0 aliphatic carbocycles. The maximum atomic E-state index is 13.4. The molecule has 0 atom stereocenters. The second-order valence-electron chi connectivity index (χ2n) is 8.39. The molecule has 0 saturated heterocycles. The van der Waals surface area contributed by atoms with E-state index in [1.165, 1.54) is 22.7 Å². The van der Waals surface area contributed by atoms with Gasteiger partial charge in [-0.1, -0.05) is 29.8 Å². The van der Waals surface area contributed by atoms with Crippen LogP contribution in [0.15, 0.2) is 80.9 Å². The first-order valence-electron chi connectivity index (χ1n) is 10.8. The van der Waals surface area contributed by atoms with Crippen LogP contribution in [0.4, 0.5) is 11.4 Å². The van der Waals surface area contributed by atoms with Crippen molar-refractivity contribution in [3.63, 3.8) is 0 Å². The van der Waals surface area contributed by atoms with Gasteiger partial charge in [0.15, 0.2) is 5.84 Å². The number of rotatable bonds is 5. The molecule has 0 spiro atoms. The smallest absolute Gasteiger partial charge is 0.286 e. The molecule has 1 aliphatic rings. The number of hydrogen-bond donors (Lipinski definition) is 3. The number of nitrogens with zero attached hydrogens (tertiary/aromatic N) is 2. The van der Waals surface area contributed by atoms with Gasteiger partial charge in [-0.05, 0) is 48.0 Å². The Bertz CT molecular complexity index is 1880. The average molecular weight is 559 g/mol. The number of nitrogens with one attached hydrogen (secondary N) is 2. The highest BCUT2D eigenvalue weighted by molar-refractivity contribution is 7.92. The van der Waals surface area contributed by atoms with E-state index in [2.05, 4.69) is 14.4 Å². The SMILES string of the molecule is CS(=O)(=O)Nc1ccc2c(c1)S(=O)(=O)N=C(c1c(O)c(Cc3ccc(Cl)cc3)c3ccccn3c1=O)N2. The lowest BCUT2D eigenvalue weighted by Gasteiger charge is -2.21. The Morgan fingerprint density at radius 2 is 1.84 bits per heavy atom. The predicted octanol–water partition coefficient (Wildman–Crippen LogP) is 3.18. The van der Waals surface area contributed by atoms with Crippen LogP contribution in [-0.4, -0.2) is 38.4 Å². The van der Waals surface area contributed by atoms with Crippen molar-refractivity contribution in [3.05, 3.63) is 98.9 Å². The molecular formula is C24H19ClN4O6S2. The van der Waals surface area contributed by atoms with Crippen molar-refractivity contribution in [2.75, 3.05) is 16.3 Å². The van der Waals surface area contributed by atoms with E-state index in [0.29, 0.717) is 16.1 Å². The normalized spacial score (nSPS) is 14.5. The first-order valence-corrected chi connectivity index (χ1v) is 14.5. The van der Waals surface area contributed by atoms with Gasteiger partial charge in [0.2, 0.25) is 10.0 Å². The summed E-state index contributed by atoms with van der Waals surface area (Å²) in [6.45, 7) is 0. The van der Waals surface area contributed by atoms with Gasteiger partial charge < -0.3 is 10.4 Å². The lowest BCUT2D eigenvalue weighted by Crippen LogP contribution is -2.31. The fourth-order valence-corrected chi connectivity index (χ4v) is 5.93. The highest BCUT2D eigenvalue weighted by atomic mass is 35.5. The van der Waals surface area contributed by atoms with Crippen molar-refractivity contribution in [1.29, 1.82) is 0 Å². The molecular weight excluding hydrogens is 540 g/mol. The highest BCUT2D eigenvalue weighted by Gasteiger charge is 2.30. The van der Waals surface area contributed by atoms with Crippen LogP contribution in [0, 0.1) is 0 Å². The van der Waals surface area contributed by atoms with E-state index in [4.69, 9.17) is 11.6 Å². The van der Waals surface area contributed by atoms with Crippen molar-refractivity contribution in [2.24, 2.45) is 4.40 Å². The van der Waals surface area contributed by atoms with Gasteiger partial charge in [-0.2, -0.15) is 8.42 Å². The Labute approximate surface area is 217 Å². The highest BCUT2D eigenvalue weighted by Crippen LogP contribution is 2.34. The van der Waals surface area contributed by atoms with Crippen LogP contribution in [0.25, 0.3) is 5.52 Å². The number of pyridine rings is 2. The van der Waals surface area contributed by atoms with Crippen molar-refractivity contribution in [1.82, 2.24) is 4.40 Å². The largest absolute Gasteiger partial charge is 0.507 e. The molecule has 2 aromatic heterocycles. The Morgan fingerprint density at radius 3 is 2.54 bits per heavy atom. The van der Waals surface area contributed by atoms with Crippen LogP contribution < -0.4 is 15.6 Å². The summed E-state index contributed by atoms with van der Waals surface area (Å²) in [5, 5.41) is 14.6. The lowest BCUT2D eigenvalue weighted by atomic mass is 10.0. The van der Waals surface area contributed by atoms with Crippen molar-refractivity contribution < 1.29 is 21.9 Å². The Kier molecular flexibility index (Phi) is 5.97. The van der Waals surface area contributed by atoms with Crippen LogP contribution in [-0.2, 0) is 26.5 Å². The molecule has 0 radical (unpaired) electrons. The number of sulfonamides is 2. The summed E-state index contributed by atoms with van der Waals surface area (Å²) in [6.07, 6.45) is 2.68. The average Bonchev–Trinajstić information content (AvgIpc) is 2.82. The van der Waals surface area contributed by atoms with Crippen LogP contribution in [0.2, 0.25) is 5.02 Å². The molecule has 0 amide bonds. The molecule has 5 rings (SSSR count). The van der Waals surface area contributed by atoms with Gasteiger partial charge in [0.05, 0.1) is 17.5 Å². The molecule has 0 saturated carbocycles. The summed E-state index contributed by atoms with van der Waals surface area (Å²) in [5.74, 6) is -0.763. The van der Waals surface area contributed by atoms with Gasteiger partial charge in [-0.25, -0.2) is 8.42 Å². The van der Waals surface area contributed by atoms with Gasteiger partial charge >= 0.3 is 0 Å². The van der Waals surface area contributed by atoms with E-state index in [0.717, 1.165) is 17.9 Å². The molecule has 4 aromatic rings. The third-order valence-corrected chi connectivity index (χ3v) is 7.86. The number of aromatic nitrogens is 1. The van der Waals surface area contributed by atoms with Crippen LogP contribution >= 0.6 is 11.6 Å². The number of hydrogen-bond acceptors (Lipinski definition) is 7. The molecule has 0 unspecified atom stereocenters. The first kappa shape index (κ1) is 24.8. The van der Waals surface area contributed by atoms with E-state index in [1.807, 2.05) is 0 Å². The van der Waals surface area contributed by atoms with Crippen molar-refractivity contribution in [3.8, 4) is 5.75 Å². The third kappa shape index (κ3) is 4.78. The molecule has 37 heavy (non-hydrogen) atoms. The lowest BCUT2D eigenvalue weighted by molar-refractivity contribution is 0.467. The molecule has 0 bridgehead atoms. The summed E-state index contributed by atoms with van der Waals surface area (Å²) >= 11 is 5.99. The first-order chi connectivity index (χ1) is 17.4. The summed E-state index contributed by atoms with van der Waals surface area (Å²) in [7, 11) is -8.01. The second kappa shape index (κ2) is 8.91. The number of anilines is 2. The standard InChI is InChI=1S/C24H19ClN4O6S2/c1-36(32,33)27-16-9-10-18-20(13-16)37(34,35)28-23(26-18)21-22(30)17(12-14-5-7-15(25)8-6-14)19-4-2-3-11-29(19)24(21)31/h2-11,13,27,30H,12H2,1H3,(H,26,28). The van der Waals surface area contributed by atoms with Gasteiger partial charge in [-0.3, -0.25) is 13.9 Å². The van der Waals surface area contributed by atoms with Crippen LogP contribution in [0.3, 0.4) is 0 Å². The van der Waals surface area contributed by atoms with E-state index < -0.39 is 31.4 Å². The minimum atomic E-state index is -4.36. The molecule has 0 fully saturated rings. The monoisotopic (exact) mass is 558 g/mol. The number of amidine groups is 1. The minimum absolute atomic E-state index is 0.0316. The fourth-order valence-electron chi connectivity index (χ4n) is 4.10. The summed E-state index contributed by atoms with van der Waals surface area (Å²) < 4.78 is 56.5. The fraction of sp³-hybridized carbons (Fsp3) is 0.0833. The molecule has 2 aromatic carbocycles. The summed E-state index contributed by atoms with van der Waals surface area (Å²) in [5.41, 5.74) is 0.744. The quantitative estimate of drug-likeness (QED) is 0.341. The number of halogens is 1. The zero-order chi connectivity index (χ0) is 26.5. The van der Waals surface area contributed by atoms with E-state index in [9.17, 15) is 26.7 Å². The molecule has 13 heteroatoms. The Balaban J connectivity index is 1.67. The van der Waals surface area contributed by atoms with E-state index in [-0.39, 0.29) is 34.1 Å². The zero-order valence-corrected chi connectivity index (χ0v) is 21.5. The maximum Gasteiger partial charge on any atom is 0.286 e. The minimum Gasteiger partial charge on any atom is -0.507 e. The zero-order valence-electron chi connectivity index (χ0n) is 19.1. The topological polar surface area (TPSA) is 146 Å². The van der Waals surface area contributed by atoms with Gasteiger partial charge in [0.1, 0.15) is 16.2 Å². The maximum absolute atomic E-state index is 13.4. The number of benzene rings is 2. The number of fused-ring (bicyclic) bond motifs is 2. The Morgan fingerprint density at radius 1 is 1.11 bits per heavy atom. The van der Waals surface area contributed by atoms with Crippen molar-refractivity contribution >= 4 is 54.4 Å². The Hall–Kier alpha value is -3.87. The number of aromatic hydroxyl groups is 1. The van der Waals surface area contributed by atoms with E-state index >= 15 is 0 Å². The van der Waals surface area contributed by atoms with E-state index in [1.54, 1.807) is 42.5 Å². The second-order valence-corrected chi connectivity index (χ2v) is 12.1. The van der Waals surface area contributed by atoms with Gasteiger partial charge in [0, 0.05) is 28.9 Å². The molecule has 190 valence electrons. The molecule has 10 nitrogen and oxygen atoms in total. The van der Waals surface area contributed by atoms with Gasteiger partial charge in [-0.15, -0.1) is 4.40 Å². The molecule has 1 aliphatic heterocycles. The van der Waals surface area contributed by atoms with Crippen LogP contribution in [0.5, 0.6) is 5.75 Å². The summed E-state index contributed by atoms with van der Waals surface area (Å²) in [4.78, 5) is 13.1. The third-order valence-electron chi connectivity index (χ3n) is 5.68. The van der Waals surface area contributed by atoms with Crippen molar-refractivity contribution in [2.45, 2.75) is 11.3 Å². The summed E-state index contributed by atoms with van der Waals surface area (Å²) in [6, 6.07) is 15.8. The van der Waals surface area contributed by atoms with Crippen LogP contribution in [0.1, 0.15) is 16.7 Å². The predicted molar refractivity (Wildman–Crippen MR) is 142 cm³/mol. The molecule has 3 heterocycles. The van der Waals surface area contributed by atoms with Gasteiger partial charge in [0.25, 0.3) is 15.6 Å². The molecule has 3 N–H and O–H groups in total.